The molecule has 1 heterocycles. The number of hydrogen-bond donors (Lipinski definition) is 6. The first-order chi connectivity index (χ1) is 27.8. The Hall–Kier alpha value is -1.59. The van der Waals surface area contributed by atoms with Gasteiger partial charge in [-0.25, -0.2) is 0 Å². The van der Waals surface area contributed by atoms with E-state index in [1.807, 2.05) is 6.08 Å². The Bertz CT molecular complexity index is 987. The van der Waals surface area contributed by atoms with E-state index in [-0.39, 0.29) is 12.5 Å². The molecule has 9 nitrogen and oxygen atoms in total. The van der Waals surface area contributed by atoms with Crippen LogP contribution in [0.4, 0.5) is 0 Å². The predicted molar refractivity (Wildman–Crippen MR) is 235 cm³/mol. The number of ether oxygens (including phenoxy) is 2. The lowest BCUT2D eigenvalue weighted by Crippen LogP contribution is -2.60. The summed E-state index contributed by atoms with van der Waals surface area (Å²) in [7, 11) is 0. The first-order valence-electron chi connectivity index (χ1n) is 23.7. The molecule has 7 atom stereocenters. The number of allylic oxidation sites excluding steroid dienone is 5. The van der Waals surface area contributed by atoms with Crippen molar-refractivity contribution in [1.29, 1.82) is 0 Å². The van der Waals surface area contributed by atoms with Crippen LogP contribution >= 0.6 is 0 Å². The highest BCUT2D eigenvalue weighted by molar-refractivity contribution is 5.76. The maximum atomic E-state index is 12.9. The third kappa shape index (κ3) is 29.3. The van der Waals surface area contributed by atoms with E-state index in [1.165, 1.54) is 128 Å². The zero-order valence-electron chi connectivity index (χ0n) is 36.6. The first kappa shape index (κ1) is 53.4. The van der Waals surface area contributed by atoms with E-state index in [1.54, 1.807) is 6.08 Å². The van der Waals surface area contributed by atoms with Gasteiger partial charge >= 0.3 is 0 Å². The zero-order chi connectivity index (χ0) is 41.6. The van der Waals surface area contributed by atoms with E-state index in [0.29, 0.717) is 6.42 Å². The van der Waals surface area contributed by atoms with E-state index in [2.05, 4.69) is 43.5 Å². The van der Waals surface area contributed by atoms with Crippen LogP contribution in [0.3, 0.4) is 0 Å². The molecule has 1 aliphatic rings. The van der Waals surface area contributed by atoms with E-state index in [0.717, 1.165) is 57.8 Å². The summed E-state index contributed by atoms with van der Waals surface area (Å²) < 4.78 is 11.2. The van der Waals surface area contributed by atoms with Gasteiger partial charge in [0.15, 0.2) is 6.29 Å². The van der Waals surface area contributed by atoms with Gasteiger partial charge in [-0.05, 0) is 57.8 Å². The number of carbonyl (C=O) groups is 1. The fourth-order valence-corrected chi connectivity index (χ4v) is 7.34. The van der Waals surface area contributed by atoms with Crippen molar-refractivity contribution in [3.8, 4) is 0 Å². The molecular weight excluding hydrogens is 719 g/mol. The largest absolute Gasteiger partial charge is 0.394 e. The van der Waals surface area contributed by atoms with Crippen molar-refractivity contribution in [2.75, 3.05) is 13.2 Å². The summed E-state index contributed by atoms with van der Waals surface area (Å²) in [6.45, 7) is 3.75. The second-order valence-electron chi connectivity index (χ2n) is 16.5. The SMILES string of the molecule is CCCCCCCCC/C=C\CCCCCCCC(=O)NC(COC1OC(CO)C(O)C(O)C1O)C(O)/C=C/CC/C=C/CCCCCCCCCCCCCC. The summed E-state index contributed by atoms with van der Waals surface area (Å²) >= 11 is 0. The first-order valence-corrected chi connectivity index (χ1v) is 23.7. The van der Waals surface area contributed by atoms with Gasteiger partial charge in [0, 0.05) is 6.42 Å². The lowest BCUT2D eigenvalue weighted by molar-refractivity contribution is -0.302. The molecule has 57 heavy (non-hydrogen) atoms. The van der Waals surface area contributed by atoms with Crippen LogP contribution in [0.25, 0.3) is 0 Å². The summed E-state index contributed by atoms with van der Waals surface area (Å²) in [4.78, 5) is 12.9. The van der Waals surface area contributed by atoms with Crippen LogP contribution in [0, 0.1) is 0 Å². The number of nitrogens with one attached hydrogen (secondary N) is 1. The van der Waals surface area contributed by atoms with Gasteiger partial charge in [-0.2, -0.15) is 0 Å². The Morgan fingerprint density at radius 3 is 1.47 bits per heavy atom. The topological polar surface area (TPSA) is 149 Å². The molecule has 6 N–H and O–H groups in total. The Balaban J connectivity index is 2.38. The van der Waals surface area contributed by atoms with E-state index in [4.69, 9.17) is 9.47 Å². The van der Waals surface area contributed by atoms with Crippen molar-refractivity contribution < 1.29 is 39.8 Å². The molecule has 1 fully saturated rings. The second kappa shape index (κ2) is 38.6. The highest BCUT2D eigenvalue weighted by Crippen LogP contribution is 2.22. The molecule has 9 heteroatoms. The molecule has 1 saturated heterocycles. The third-order valence-corrected chi connectivity index (χ3v) is 11.2. The third-order valence-electron chi connectivity index (χ3n) is 11.2. The van der Waals surface area contributed by atoms with Crippen molar-refractivity contribution in [2.24, 2.45) is 0 Å². The number of unbranched alkanes of at least 4 members (excludes halogenated alkanes) is 25. The van der Waals surface area contributed by atoms with Gasteiger partial charge in [-0.1, -0.05) is 179 Å². The molecule has 1 aliphatic heterocycles. The van der Waals surface area contributed by atoms with E-state index < -0.39 is 49.5 Å². The smallest absolute Gasteiger partial charge is 0.220 e. The number of aliphatic hydroxyl groups excluding tert-OH is 5. The predicted octanol–water partition coefficient (Wildman–Crippen LogP) is 10.1. The van der Waals surface area contributed by atoms with Crippen LogP contribution in [-0.4, -0.2) is 87.5 Å². The summed E-state index contributed by atoms with van der Waals surface area (Å²) in [5, 5.41) is 54.2. The lowest BCUT2D eigenvalue weighted by Gasteiger charge is -2.40. The van der Waals surface area contributed by atoms with Crippen molar-refractivity contribution in [3.63, 3.8) is 0 Å². The Kier molecular flexibility index (Phi) is 36.2. The maximum absolute atomic E-state index is 12.9. The Labute approximate surface area is 349 Å². The van der Waals surface area contributed by atoms with Gasteiger partial charge in [-0.3, -0.25) is 4.79 Å². The van der Waals surface area contributed by atoms with Gasteiger partial charge < -0.3 is 40.3 Å². The zero-order valence-corrected chi connectivity index (χ0v) is 36.6. The molecule has 1 amide bonds. The minimum Gasteiger partial charge on any atom is -0.394 e. The number of carbonyl (C=O) groups excluding carboxylic acids is 1. The van der Waals surface area contributed by atoms with Crippen LogP contribution in [0.2, 0.25) is 0 Å². The molecule has 334 valence electrons. The van der Waals surface area contributed by atoms with E-state index in [9.17, 15) is 30.3 Å². The highest BCUT2D eigenvalue weighted by Gasteiger charge is 2.44. The Morgan fingerprint density at radius 1 is 0.579 bits per heavy atom. The van der Waals surface area contributed by atoms with E-state index >= 15 is 0 Å². The van der Waals surface area contributed by atoms with Crippen molar-refractivity contribution in [1.82, 2.24) is 5.32 Å². The fraction of sp³-hybridized carbons (Fsp3) is 0.854. The van der Waals surface area contributed by atoms with Gasteiger partial charge in [0.25, 0.3) is 0 Å². The minimum absolute atomic E-state index is 0.195. The van der Waals surface area contributed by atoms with Crippen LogP contribution in [0.1, 0.15) is 206 Å². The molecule has 0 radical (unpaired) electrons. The van der Waals surface area contributed by atoms with Gasteiger partial charge in [0.1, 0.15) is 24.4 Å². The van der Waals surface area contributed by atoms with Crippen molar-refractivity contribution >= 4 is 5.91 Å². The number of rotatable bonds is 39. The number of aliphatic hydroxyl groups is 5. The molecule has 0 aromatic rings. The van der Waals surface area contributed by atoms with Gasteiger partial charge in [-0.15, -0.1) is 0 Å². The molecule has 0 aliphatic carbocycles. The Morgan fingerprint density at radius 2 is 1.00 bits per heavy atom. The highest BCUT2D eigenvalue weighted by atomic mass is 16.7. The summed E-state index contributed by atoms with van der Waals surface area (Å²) in [5.74, 6) is -0.195. The quantitative estimate of drug-likeness (QED) is 0.0266. The lowest BCUT2D eigenvalue weighted by atomic mass is 9.99. The normalized spacial score (nSPS) is 21.3. The van der Waals surface area contributed by atoms with Crippen molar-refractivity contribution in [3.05, 3.63) is 36.5 Å². The fourth-order valence-electron chi connectivity index (χ4n) is 7.34. The van der Waals surface area contributed by atoms with Crippen LogP contribution in [-0.2, 0) is 14.3 Å². The van der Waals surface area contributed by atoms with Crippen LogP contribution < -0.4 is 5.32 Å². The van der Waals surface area contributed by atoms with Crippen LogP contribution in [0.5, 0.6) is 0 Å². The molecule has 0 bridgehead atoms. The molecule has 0 aromatic carbocycles. The van der Waals surface area contributed by atoms with Crippen molar-refractivity contribution in [2.45, 2.75) is 249 Å². The molecular formula is C48H89NO8. The number of hydrogen-bond acceptors (Lipinski definition) is 8. The second-order valence-corrected chi connectivity index (χ2v) is 16.5. The maximum Gasteiger partial charge on any atom is 0.220 e. The van der Waals surface area contributed by atoms with Gasteiger partial charge in [0.05, 0.1) is 25.4 Å². The summed E-state index contributed by atoms with van der Waals surface area (Å²) in [5.41, 5.74) is 0. The average Bonchev–Trinajstić information content (AvgIpc) is 3.21. The summed E-state index contributed by atoms with van der Waals surface area (Å²) in [6, 6.07) is -0.824. The molecule has 0 spiro atoms. The standard InChI is InChI=1S/C48H89NO8/c1-3-5-7-9-11-13-15-17-19-21-22-23-25-27-29-31-33-35-37-42(51)41(40-56-48-47(55)46(54)45(53)43(39-50)57-48)49-44(52)38-36-34-32-30-28-26-24-20-18-16-14-12-10-8-6-4-2/h20,24,27,29,35,37,41-43,45-48,50-51,53-55H,3-19,21-23,25-26,28,30-34,36,38-40H2,1-2H3,(H,49,52)/b24-20-,29-27+,37-35+. The summed E-state index contributed by atoms with van der Waals surface area (Å²) in [6.07, 6.45) is 40.4. The minimum atomic E-state index is -1.57. The molecule has 0 aromatic heterocycles. The van der Waals surface area contributed by atoms with Gasteiger partial charge in [0.2, 0.25) is 5.91 Å². The molecule has 7 unspecified atom stereocenters. The van der Waals surface area contributed by atoms with Crippen LogP contribution in [0.15, 0.2) is 36.5 Å². The average molecular weight is 808 g/mol. The molecule has 1 rings (SSSR count). The number of amides is 1. The molecule has 0 saturated carbocycles. The monoisotopic (exact) mass is 808 g/mol.